The van der Waals surface area contributed by atoms with Crippen LogP contribution in [-0.2, 0) is 14.4 Å². The number of imide groups is 1. The molecule has 3 amide bonds. The van der Waals surface area contributed by atoms with Crippen molar-refractivity contribution in [3.63, 3.8) is 0 Å². The van der Waals surface area contributed by atoms with E-state index in [0.717, 1.165) is 27.3 Å². The predicted octanol–water partition coefficient (Wildman–Crippen LogP) is 3.21. The first-order valence-corrected chi connectivity index (χ1v) is 10.4. The van der Waals surface area contributed by atoms with E-state index in [1.807, 2.05) is 32.9 Å². The van der Waals surface area contributed by atoms with Crippen molar-refractivity contribution in [2.45, 2.75) is 32.9 Å². The van der Waals surface area contributed by atoms with Gasteiger partial charge >= 0.3 is 0 Å². The molecule has 2 aromatic carbocycles. The molecule has 0 saturated carbocycles. The zero-order valence-electron chi connectivity index (χ0n) is 18.0. The van der Waals surface area contributed by atoms with Gasteiger partial charge in [0.1, 0.15) is 12.3 Å². The summed E-state index contributed by atoms with van der Waals surface area (Å²) in [5.74, 6) is -0.958. The molecule has 4 rings (SSSR count). The first-order chi connectivity index (χ1) is 15.2. The smallest absolute Gasteiger partial charge is 0.263 e. The van der Waals surface area contributed by atoms with E-state index in [1.54, 1.807) is 12.1 Å². The minimum Gasteiger partial charge on any atom is -0.495 e. The SMILES string of the molecule is COc1ccc(N2C(=O)[C@@H]3N=NN(CC(=O)Nc4c(C)cc(C)cc4C)[C@H]3C2=O)cc1Cl. The fraction of sp³-hybridized carbons (Fsp3) is 0.318. The molecule has 9 nitrogen and oxygen atoms in total. The lowest BCUT2D eigenvalue weighted by atomic mass is 10.1. The van der Waals surface area contributed by atoms with Gasteiger partial charge in [-0.15, -0.1) is 0 Å². The maximum Gasteiger partial charge on any atom is 0.263 e. The van der Waals surface area contributed by atoms with Crippen molar-refractivity contribution in [3.05, 3.63) is 52.0 Å². The van der Waals surface area contributed by atoms with Gasteiger partial charge in [-0.05, 0) is 50.1 Å². The molecule has 0 bridgehead atoms. The van der Waals surface area contributed by atoms with Crippen molar-refractivity contribution in [1.82, 2.24) is 5.01 Å². The number of rotatable bonds is 5. The van der Waals surface area contributed by atoms with Gasteiger partial charge in [0.25, 0.3) is 11.8 Å². The minimum absolute atomic E-state index is 0.215. The van der Waals surface area contributed by atoms with Crippen molar-refractivity contribution in [3.8, 4) is 5.75 Å². The second-order valence-electron chi connectivity index (χ2n) is 7.84. The van der Waals surface area contributed by atoms with Gasteiger partial charge in [0.15, 0.2) is 12.1 Å². The number of carbonyl (C=O) groups is 3. The molecule has 166 valence electrons. The molecule has 2 atom stereocenters. The van der Waals surface area contributed by atoms with E-state index in [0.29, 0.717) is 11.4 Å². The summed E-state index contributed by atoms with van der Waals surface area (Å²) in [7, 11) is 1.47. The third kappa shape index (κ3) is 3.69. The number of methoxy groups -OCH3 is 1. The third-order valence-corrected chi connectivity index (χ3v) is 5.79. The number of fused-ring (bicyclic) bond motifs is 1. The lowest BCUT2D eigenvalue weighted by molar-refractivity contribution is -0.123. The Morgan fingerprint density at radius 3 is 2.44 bits per heavy atom. The normalized spacial score (nSPS) is 19.5. The second kappa shape index (κ2) is 8.23. The zero-order valence-corrected chi connectivity index (χ0v) is 18.8. The average Bonchev–Trinajstić information content (AvgIpc) is 3.24. The van der Waals surface area contributed by atoms with Gasteiger partial charge in [0.2, 0.25) is 5.91 Å². The number of aryl methyl sites for hydroxylation is 3. The largest absolute Gasteiger partial charge is 0.495 e. The van der Waals surface area contributed by atoms with Crippen LogP contribution in [-0.4, -0.2) is 48.5 Å². The minimum atomic E-state index is -1.00. The number of halogens is 1. The number of hydrogen-bond donors (Lipinski definition) is 1. The van der Waals surface area contributed by atoms with Crippen molar-refractivity contribution < 1.29 is 19.1 Å². The number of carbonyl (C=O) groups excluding carboxylic acids is 3. The Hall–Kier alpha value is -3.46. The van der Waals surface area contributed by atoms with Crippen LogP contribution in [0.2, 0.25) is 5.02 Å². The topological polar surface area (TPSA) is 104 Å². The molecule has 10 heteroatoms. The Kier molecular flexibility index (Phi) is 5.60. The quantitative estimate of drug-likeness (QED) is 0.697. The van der Waals surface area contributed by atoms with Crippen molar-refractivity contribution in [2.24, 2.45) is 10.3 Å². The summed E-state index contributed by atoms with van der Waals surface area (Å²) in [6.45, 7) is 5.60. The van der Waals surface area contributed by atoms with Crippen LogP contribution in [0.25, 0.3) is 0 Å². The van der Waals surface area contributed by atoms with Crippen molar-refractivity contribution in [1.29, 1.82) is 0 Å². The molecule has 1 fully saturated rings. The summed E-state index contributed by atoms with van der Waals surface area (Å²) in [4.78, 5) is 39.7. The van der Waals surface area contributed by atoms with Gasteiger partial charge in [-0.2, -0.15) is 5.11 Å². The molecule has 0 unspecified atom stereocenters. The Balaban J connectivity index is 1.51. The molecule has 0 spiro atoms. The number of hydrogen-bond acceptors (Lipinski definition) is 7. The summed E-state index contributed by atoms with van der Waals surface area (Å²) in [5.41, 5.74) is 4.00. The lowest BCUT2D eigenvalue weighted by Gasteiger charge is -2.21. The number of amides is 3. The molecule has 2 heterocycles. The highest BCUT2D eigenvalue weighted by Gasteiger charge is 2.55. The van der Waals surface area contributed by atoms with Crippen molar-refractivity contribution in [2.75, 3.05) is 23.9 Å². The molecule has 0 radical (unpaired) electrons. The van der Waals surface area contributed by atoms with Crippen LogP contribution in [0.1, 0.15) is 16.7 Å². The number of benzene rings is 2. The number of anilines is 2. The summed E-state index contributed by atoms with van der Waals surface area (Å²) in [6, 6.07) is 6.60. The fourth-order valence-corrected chi connectivity index (χ4v) is 4.36. The van der Waals surface area contributed by atoms with Crippen LogP contribution in [0.5, 0.6) is 5.75 Å². The zero-order chi connectivity index (χ0) is 23.2. The molecule has 1 saturated heterocycles. The lowest BCUT2D eigenvalue weighted by Crippen LogP contribution is -2.43. The summed E-state index contributed by atoms with van der Waals surface area (Å²) in [6.07, 6.45) is 0. The van der Waals surface area contributed by atoms with Gasteiger partial charge in [-0.25, -0.2) is 4.90 Å². The van der Waals surface area contributed by atoms with E-state index >= 15 is 0 Å². The summed E-state index contributed by atoms with van der Waals surface area (Å²) < 4.78 is 5.12. The maximum absolute atomic E-state index is 13.1. The van der Waals surface area contributed by atoms with Crippen LogP contribution in [0.15, 0.2) is 40.7 Å². The number of nitrogens with zero attached hydrogens (tertiary/aromatic N) is 4. The Labute approximate surface area is 190 Å². The van der Waals surface area contributed by atoms with E-state index in [1.165, 1.54) is 18.2 Å². The molecule has 32 heavy (non-hydrogen) atoms. The standard InChI is InChI=1S/C22H22ClN5O4/c1-11-7-12(2)18(13(3)8-11)24-17(29)10-27-20-19(25-26-27)21(30)28(22(20)31)14-5-6-16(32-4)15(23)9-14/h5-9,19-20H,10H2,1-4H3,(H,24,29)/t19-,20-/m1/s1. The highest BCUT2D eigenvalue weighted by atomic mass is 35.5. The Morgan fingerprint density at radius 1 is 1.12 bits per heavy atom. The van der Waals surface area contributed by atoms with Gasteiger partial charge in [-0.1, -0.05) is 34.5 Å². The van der Waals surface area contributed by atoms with Crippen LogP contribution in [0.4, 0.5) is 11.4 Å². The highest BCUT2D eigenvalue weighted by Crippen LogP contribution is 2.35. The molecule has 2 aromatic rings. The molecule has 1 N–H and O–H groups in total. The first kappa shape index (κ1) is 21.8. The first-order valence-electron chi connectivity index (χ1n) is 9.97. The number of nitrogens with one attached hydrogen (secondary N) is 1. The van der Waals surface area contributed by atoms with Gasteiger partial charge in [0, 0.05) is 5.69 Å². The van der Waals surface area contributed by atoms with Crippen LogP contribution < -0.4 is 15.0 Å². The molecule has 2 aliphatic rings. The van der Waals surface area contributed by atoms with Crippen molar-refractivity contribution >= 4 is 40.7 Å². The highest BCUT2D eigenvalue weighted by molar-refractivity contribution is 6.33. The van der Waals surface area contributed by atoms with Crippen LogP contribution >= 0.6 is 11.6 Å². The fourth-order valence-electron chi connectivity index (χ4n) is 4.11. The predicted molar refractivity (Wildman–Crippen MR) is 119 cm³/mol. The summed E-state index contributed by atoms with van der Waals surface area (Å²) in [5, 5.41) is 12.3. The van der Waals surface area contributed by atoms with E-state index < -0.39 is 23.9 Å². The van der Waals surface area contributed by atoms with Gasteiger partial charge in [-0.3, -0.25) is 19.4 Å². The monoisotopic (exact) mass is 455 g/mol. The van der Waals surface area contributed by atoms with Crippen LogP contribution in [0.3, 0.4) is 0 Å². The van der Waals surface area contributed by atoms with E-state index in [2.05, 4.69) is 15.7 Å². The maximum atomic E-state index is 13.1. The van der Waals surface area contributed by atoms with Crippen LogP contribution in [0, 0.1) is 20.8 Å². The molecule has 0 aliphatic carbocycles. The average molecular weight is 456 g/mol. The molecule has 2 aliphatic heterocycles. The molecular weight excluding hydrogens is 434 g/mol. The van der Waals surface area contributed by atoms with E-state index in [4.69, 9.17) is 16.3 Å². The van der Waals surface area contributed by atoms with Gasteiger partial charge in [0.05, 0.1) is 17.8 Å². The van der Waals surface area contributed by atoms with E-state index in [-0.39, 0.29) is 17.5 Å². The second-order valence-corrected chi connectivity index (χ2v) is 8.25. The number of ether oxygens (including phenoxy) is 1. The molecule has 0 aromatic heterocycles. The third-order valence-electron chi connectivity index (χ3n) is 5.50. The van der Waals surface area contributed by atoms with Gasteiger partial charge < -0.3 is 10.1 Å². The van der Waals surface area contributed by atoms with E-state index in [9.17, 15) is 14.4 Å². The Morgan fingerprint density at radius 2 is 1.81 bits per heavy atom. The molecular formula is C22H22ClN5O4. The Bertz CT molecular complexity index is 1140. The summed E-state index contributed by atoms with van der Waals surface area (Å²) >= 11 is 6.15.